The number of halogens is 3. The van der Waals surface area contributed by atoms with E-state index < -0.39 is 0 Å². The monoisotopic (exact) mass is 374 g/mol. The smallest absolute Gasteiger partial charge is 0.144 e. The van der Waals surface area contributed by atoms with E-state index in [1.54, 1.807) is 6.20 Å². The van der Waals surface area contributed by atoms with E-state index in [0.717, 1.165) is 26.0 Å². The highest BCUT2D eigenvalue weighted by Gasteiger charge is 2.05. The van der Waals surface area contributed by atoms with Crippen molar-refractivity contribution in [1.82, 2.24) is 4.98 Å². The summed E-state index contributed by atoms with van der Waals surface area (Å²) in [5.41, 5.74) is 2.07. The number of aryl methyl sites for hydroxylation is 1. The third-order valence-electron chi connectivity index (χ3n) is 2.26. The Morgan fingerprint density at radius 3 is 2.71 bits per heavy atom. The van der Waals surface area contributed by atoms with Gasteiger partial charge in [0.15, 0.2) is 0 Å². The second kappa shape index (κ2) is 5.38. The molecule has 17 heavy (non-hydrogen) atoms. The molecule has 5 heteroatoms. The molecule has 2 aromatic rings. The normalized spacial score (nSPS) is 10.4. The summed E-state index contributed by atoms with van der Waals surface area (Å²) in [5, 5.41) is 3.95. The lowest BCUT2D eigenvalue weighted by atomic mass is 10.2. The zero-order valence-electron chi connectivity index (χ0n) is 8.97. The van der Waals surface area contributed by atoms with E-state index in [2.05, 4.69) is 42.2 Å². The molecule has 0 aliphatic carbocycles. The predicted molar refractivity (Wildman–Crippen MR) is 79.1 cm³/mol. The van der Waals surface area contributed by atoms with Crippen molar-refractivity contribution in [2.75, 3.05) is 5.32 Å². The topological polar surface area (TPSA) is 24.9 Å². The number of hydrogen-bond donors (Lipinski definition) is 1. The molecule has 0 amide bonds. The molecule has 0 atom stereocenters. The Balaban J connectivity index is 2.34. The quantitative estimate of drug-likeness (QED) is 0.768. The summed E-state index contributed by atoms with van der Waals surface area (Å²) in [6, 6.07) is 7.66. The second-order valence-corrected chi connectivity index (χ2v) is 5.77. The van der Waals surface area contributed by atoms with Gasteiger partial charge in [-0.25, -0.2) is 4.98 Å². The number of benzene rings is 1. The van der Waals surface area contributed by atoms with Gasteiger partial charge in [0.1, 0.15) is 5.82 Å². The third-order valence-corrected chi connectivity index (χ3v) is 3.53. The Kier molecular flexibility index (Phi) is 4.07. The molecule has 0 saturated heterocycles. The Bertz CT molecular complexity index is 558. The number of nitrogens with one attached hydrogen (secondary N) is 1. The number of pyridine rings is 1. The van der Waals surface area contributed by atoms with Crippen LogP contribution in [0, 0.1) is 6.92 Å². The van der Waals surface area contributed by atoms with E-state index in [1.165, 1.54) is 0 Å². The first-order valence-corrected chi connectivity index (χ1v) is 6.87. The number of hydrogen-bond acceptors (Lipinski definition) is 2. The van der Waals surface area contributed by atoms with Gasteiger partial charge in [-0.05, 0) is 62.5 Å². The molecule has 88 valence electrons. The molecule has 2 rings (SSSR count). The highest BCUT2D eigenvalue weighted by molar-refractivity contribution is 9.11. The summed E-state index contributed by atoms with van der Waals surface area (Å²) in [4.78, 5) is 4.30. The molecule has 1 N–H and O–H groups in total. The molecule has 0 aliphatic rings. The van der Waals surface area contributed by atoms with Crippen molar-refractivity contribution < 1.29 is 0 Å². The van der Waals surface area contributed by atoms with E-state index in [9.17, 15) is 0 Å². The van der Waals surface area contributed by atoms with E-state index in [0.29, 0.717) is 5.02 Å². The number of nitrogens with zero attached hydrogens (tertiary/aromatic N) is 1. The van der Waals surface area contributed by atoms with Gasteiger partial charge >= 0.3 is 0 Å². The lowest BCUT2D eigenvalue weighted by molar-refractivity contribution is 1.27. The SMILES string of the molecule is Cc1ccc(Cl)cc1Nc1ncc(Br)cc1Br. The standard InChI is InChI=1S/C12H9Br2ClN2/c1-7-2-3-9(15)5-11(7)17-12-10(14)4-8(13)6-16-12/h2-6H,1H3,(H,16,17). The summed E-state index contributed by atoms with van der Waals surface area (Å²) in [7, 11) is 0. The van der Waals surface area contributed by atoms with Crippen molar-refractivity contribution >= 4 is 55.0 Å². The van der Waals surface area contributed by atoms with Crippen LogP contribution in [-0.2, 0) is 0 Å². The summed E-state index contributed by atoms with van der Waals surface area (Å²) in [6.45, 7) is 2.02. The Morgan fingerprint density at radius 1 is 1.24 bits per heavy atom. The first-order chi connectivity index (χ1) is 8.06. The van der Waals surface area contributed by atoms with Crippen molar-refractivity contribution in [1.29, 1.82) is 0 Å². The highest BCUT2D eigenvalue weighted by Crippen LogP contribution is 2.29. The number of aromatic nitrogens is 1. The first-order valence-electron chi connectivity index (χ1n) is 4.90. The van der Waals surface area contributed by atoms with Crippen LogP contribution >= 0.6 is 43.5 Å². The lowest BCUT2D eigenvalue weighted by Gasteiger charge is -2.10. The largest absolute Gasteiger partial charge is 0.339 e. The first kappa shape index (κ1) is 12.9. The zero-order valence-corrected chi connectivity index (χ0v) is 12.9. The van der Waals surface area contributed by atoms with Crippen LogP contribution in [0.25, 0.3) is 0 Å². The van der Waals surface area contributed by atoms with E-state index in [4.69, 9.17) is 11.6 Å². The van der Waals surface area contributed by atoms with Gasteiger partial charge in [0.2, 0.25) is 0 Å². The van der Waals surface area contributed by atoms with Crippen LogP contribution in [0.2, 0.25) is 5.02 Å². The molecular weight excluding hydrogens is 367 g/mol. The maximum atomic E-state index is 5.97. The van der Waals surface area contributed by atoms with Crippen molar-refractivity contribution in [3.63, 3.8) is 0 Å². The van der Waals surface area contributed by atoms with E-state index in [1.807, 2.05) is 31.2 Å². The van der Waals surface area contributed by atoms with Crippen LogP contribution in [0.3, 0.4) is 0 Å². The Labute approximate surface area is 122 Å². The summed E-state index contributed by atoms with van der Waals surface area (Å²) < 4.78 is 1.82. The van der Waals surface area contributed by atoms with Crippen LogP contribution in [0.4, 0.5) is 11.5 Å². The maximum absolute atomic E-state index is 5.97. The average molecular weight is 376 g/mol. The molecule has 1 heterocycles. The van der Waals surface area contributed by atoms with Gasteiger partial charge in [-0.2, -0.15) is 0 Å². The van der Waals surface area contributed by atoms with Crippen molar-refractivity contribution in [3.8, 4) is 0 Å². The van der Waals surface area contributed by atoms with Crippen LogP contribution < -0.4 is 5.32 Å². The minimum atomic E-state index is 0.700. The highest BCUT2D eigenvalue weighted by atomic mass is 79.9. The van der Waals surface area contributed by atoms with Crippen LogP contribution in [0.15, 0.2) is 39.4 Å². The van der Waals surface area contributed by atoms with Gasteiger partial charge in [0.05, 0.1) is 4.47 Å². The second-order valence-electron chi connectivity index (χ2n) is 3.57. The predicted octanol–water partition coefficient (Wildman–Crippen LogP) is 5.31. The molecule has 0 spiro atoms. The van der Waals surface area contributed by atoms with Gasteiger partial charge in [0, 0.05) is 21.4 Å². The minimum absolute atomic E-state index is 0.700. The van der Waals surface area contributed by atoms with Crippen LogP contribution in [-0.4, -0.2) is 4.98 Å². The van der Waals surface area contributed by atoms with Gasteiger partial charge < -0.3 is 5.32 Å². The molecule has 0 fully saturated rings. The maximum Gasteiger partial charge on any atom is 0.144 e. The fourth-order valence-electron chi connectivity index (χ4n) is 1.36. The molecule has 0 aliphatic heterocycles. The molecule has 0 saturated carbocycles. The van der Waals surface area contributed by atoms with Crippen molar-refractivity contribution in [2.45, 2.75) is 6.92 Å². The molecule has 2 nitrogen and oxygen atoms in total. The molecule has 0 bridgehead atoms. The molecule has 0 unspecified atom stereocenters. The lowest BCUT2D eigenvalue weighted by Crippen LogP contribution is -1.96. The average Bonchev–Trinajstić information content (AvgIpc) is 2.27. The summed E-state index contributed by atoms with van der Waals surface area (Å²) in [6.07, 6.45) is 1.74. The van der Waals surface area contributed by atoms with Crippen molar-refractivity contribution in [3.05, 3.63) is 50.0 Å². The molecular formula is C12H9Br2ClN2. The zero-order chi connectivity index (χ0) is 12.4. The van der Waals surface area contributed by atoms with Crippen molar-refractivity contribution in [2.24, 2.45) is 0 Å². The molecule has 1 aromatic carbocycles. The van der Waals surface area contributed by atoms with Crippen LogP contribution in [0.5, 0.6) is 0 Å². The molecule has 0 radical (unpaired) electrons. The van der Waals surface area contributed by atoms with Gasteiger partial charge in [-0.1, -0.05) is 17.7 Å². The van der Waals surface area contributed by atoms with Gasteiger partial charge in [0.25, 0.3) is 0 Å². The minimum Gasteiger partial charge on any atom is -0.339 e. The number of anilines is 2. The molecule has 1 aromatic heterocycles. The van der Waals surface area contributed by atoms with Crippen LogP contribution in [0.1, 0.15) is 5.56 Å². The third kappa shape index (κ3) is 3.21. The number of rotatable bonds is 2. The fourth-order valence-corrected chi connectivity index (χ4v) is 2.62. The van der Waals surface area contributed by atoms with E-state index in [-0.39, 0.29) is 0 Å². The van der Waals surface area contributed by atoms with E-state index >= 15 is 0 Å². The summed E-state index contributed by atoms with van der Waals surface area (Å²) >= 11 is 12.8. The van der Waals surface area contributed by atoms with Gasteiger partial charge in [-0.3, -0.25) is 0 Å². The summed E-state index contributed by atoms with van der Waals surface area (Å²) in [5.74, 6) is 0.763. The Hall–Kier alpha value is -0.580. The Morgan fingerprint density at radius 2 is 2.00 bits per heavy atom. The van der Waals surface area contributed by atoms with Gasteiger partial charge in [-0.15, -0.1) is 0 Å². The fraction of sp³-hybridized carbons (Fsp3) is 0.0833.